The van der Waals surface area contributed by atoms with Crippen molar-refractivity contribution in [3.63, 3.8) is 0 Å². The number of rotatable bonds is 5. The second-order valence-corrected chi connectivity index (χ2v) is 6.63. The third kappa shape index (κ3) is 3.01. The summed E-state index contributed by atoms with van der Waals surface area (Å²) in [6.07, 6.45) is 2.79. The molecule has 2 atom stereocenters. The molecule has 2 rings (SSSR count). The van der Waals surface area contributed by atoms with Gasteiger partial charge in [-0.3, -0.25) is 9.36 Å². The van der Waals surface area contributed by atoms with E-state index in [4.69, 9.17) is 11.6 Å². The molecule has 0 aliphatic rings. The van der Waals surface area contributed by atoms with Gasteiger partial charge >= 0.3 is 0 Å². The van der Waals surface area contributed by atoms with Crippen LogP contribution >= 0.6 is 23.4 Å². The van der Waals surface area contributed by atoms with Crippen LogP contribution in [0.2, 0.25) is 0 Å². The van der Waals surface area contributed by atoms with E-state index in [2.05, 4.69) is 11.9 Å². The molecule has 20 heavy (non-hydrogen) atoms. The minimum absolute atomic E-state index is 0.00519. The van der Waals surface area contributed by atoms with Crippen LogP contribution < -0.4 is 5.56 Å². The van der Waals surface area contributed by atoms with E-state index in [1.54, 1.807) is 16.3 Å². The highest BCUT2D eigenvalue weighted by molar-refractivity contribution is 7.99. The van der Waals surface area contributed by atoms with E-state index in [1.807, 2.05) is 37.4 Å². The summed E-state index contributed by atoms with van der Waals surface area (Å²) in [5.74, 6) is 0.679. The zero-order valence-corrected chi connectivity index (χ0v) is 13.5. The summed E-state index contributed by atoms with van der Waals surface area (Å²) in [7, 11) is 0. The summed E-state index contributed by atoms with van der Waals surface area (Å²) < 4.78 is 1.74. The van der Waals surface area contributed by atoms with Crippen LogP contribution in [0, 0.1) is 0 Å². The Morgan fingerprint density at radius 2 is 2.10 bits per heavy atom. The summed E-state index contributed by atoms with van der Waals surface area (Å²) in [5.41, 5.74) is 0.727. The Kier molecular flexibility index (Phi) is 5.11. The van der Waals surface area contributed by atoms with Gasteiger partial charge in [0.05, 0.1) is 16.3 Å². The first-order valence-electron chi connectivity index (χ1n) is 6.74. The molecule has 1 heterocycles. The van der Waals surface area contributed by atoms with Gasteiger partial charge in [0.2, 0.25) is 0 Å². The zero-order valence-electron chi connectivity index (χ0n) is 12.0. The molecular formula is C15H19ClN2OS. The molecule has 0 aliphatic carbocycles. The predicted octanol–water partition coefficient (Wildman–Crippen LogP) is 3.84. The van der Waals surface area contributed by atoms with Crippen LogP contribution in [0.3, 0.4) is 0 Å². The standard InChI is InChI=1S/C15H19ClN2OS/c1-4-12(16)14-17-13-8-6-5-7-11(13)15(19)18(14)9-10(2)20-3/h5-8,10,12H,4,9H2,1-3H3. The van der Waals surface area contributed by atoms with Crippen LogP contribution in [-0.4, -0.2) is 21.1 Å². The Hall–Kier alpha value is -1.00. The topological polar surface area (TPSA) is 34.9 Å². The number of para-hydroxylation sites is 1. The van der Waals surface area contributed by atoms with Crippen molar-refractivity contribution in [2.24, 2.45) is 0 Å². The lowest BCUT2D eigenvalue weighted by Gasteiger charge is -2.18. The van der Waals surface area contributed by atoms with Gasteiger partial charge in [0, 0.05) is 11.8 Å². The minimum atomic E-state index is -0.235. The molecule has 2 unspecified atom stereocenters. The number of benzene rings is 1. The lowest BCUT2D eigenvalue weighted by atomic mass is 10.2. The first-order chi connectivity index (χ1) is 9.58. The predicted molar refractivity (Wildman–Crippen MR) is 87.9 cm³/mol. The van der Waals surface area contributed by atoms with E-state index in [0.29, 0.717) is 23.0 Å². The van der Waals surface area contributed by atoms with Crippen LogP contribution in [0.5, 0.6) is 0 Å². The fourth-order valence-corrected chi connectivity index (χ4v) is 2.58. The number of fused-ring (bicyclic) bond motifs is 1. The maximum absolute atomic E-state index is 12.7. The van der Waals surface area contributed by atoms with E-state index in [1.165, 1.54) is 0 Å². The molecule has 0 saturated carbocycles. The number of hydrogen-bond donors (Lipinski definition) is 0. The molecule has 0 aliphatic heterocycles. The van der Waals surface area contributed by atoms with E-state index in [0.717, 1.165) is 11.9 Å². The third-order valence-corrected chi connectivity index (χ3v) is 4.83. The summed E-state index contributed by atoms with van der Waals surface area (Å²) in [6, 6.07) is 7.44. The second kappa shape index (κ2) is 6.64. The molecule has 1 aromatic carbocycles. The molecule has 0 fully saturated rings. The highest BCUT2D eigenvalue weighted by atomic mass is 35.5. The molecule has 108 valence electrons. The largest absolute Gasteiger partial charge is 0.294 e. The summed E-state index contributed by atoms with van der Waals surface area (Å²) in [6.45, 7) is 4.74. The minimum Gasteiger partial charge on any atom is -0.294 e. The number of hydrogen-bond acceptors (Lipinski definition) is 3. The Labute approximate surface area is 128 Å². The first-order valence-corrected chi connectivity index (χ1v) is 8.47. The molecule has 5 heteroatoms. The SMILES string of the molecule is CCC(Cl)c1nc2ccccc2c(=O)n1CC(C)SC. The van der Waals surface area contributed by atoms with E-state index >= 15 is 0 Å². The van der Waals surface area contributed by atoms with Crippen molar-refractivity contribution < 1.29 is 0 Å². The first kappa shape index (κ1) is 15.4. The maximum atomic E-state index is 12.7. The number of aromatic nitrogens is 2. The van der Waals surface area contributed by atoms with Gasteiger partial charge < -0.3 is 0 Å². The fourth-order valence-electron chi connectivity index (χ4n) is 2.11. The van der Waals surface area contributed by atoms with Crippen molar-refractivity contribution >= 4 is 34.3 Å². The van der Waals surface area contributed by atoms with Gasteiger partial charge in [0.1, 0.15) is 5.82 Å². The van der Waals surface area contributed by atoms with Crippen molar-refractivity contribution in [1.82, 2.24) is 9.55 Å². The van der Waals surface area contributed by atoms with Crippen LogP contribution in [0.15, 0.2) is 29.1 Å². The van der Waals surface area contributed by atoms with Crippen molar-refractivity contribution in [2.45, 2.75) is 37.4 Å². The van der Waals surface area contributed by atoms with Gasteiger partial charge in [-0.25, -0.2) is 4.98 Å². The second-order valence-electron chi connectivity index (χ2n) is 4.83. The third-order valence-electron chi connectivity index (χ3n) is 3.37. The Bertz CT molecular complexity index is 656. The highest BCUT2D eigenvalue weighted by Gasteiger charge is 2.18. The Morgan fingerprint density at radius 3 is 2.75 bits per heavy atom. The quantitative estimate of drug-likeness (QED) is 0.787. The van der Waals surface area contributed by atoms with Crippen LogP contribution in [0.1, 0.15) is 31.5 Å². The summed E-state index contributed by atoms with van der Waals surface area (Å²) in [5, 5.41) is 0.765. The molecule has 0 amide bonds. The molecule has 1 aromatic heterocycles. The van der Waals surface area contributed by atoms with Crippen LogP contribution in [0.25, 0.3) is 10.9 Å². The van der Waals surface area contributed by atoms with Gasteiger partial charge in [0.25, 0.3) is 5.56 Å². The lowest BCUT2D eigenvalue weighted by Crippen LogP contribution is -2.29. The van der Waals surface area contributed by atoms with Gasteiger partial charge in [0.15, 0.2) is 0 Å². The van der Waals surface area contributed by atoms with Crippen LogP contribution in [-0.2, 0) is 6.54 Å². The molecule has 2 aromatic rings. The van der Waals surface area contributed by atoms with Crippen molar-refractivity contribution in [2.75, 3.05) is 6.26 Å². The molecule has 0 radical (unpaired) electrons. The van der Waals surface area contributed by atoms with Gasteiger partial charge in [-0.15, -0.1) is 11.6 Å². The molecule has 0 N–H and O–H groups in total. The average Bonchev–Trinajstić information content (AvgIpc) is 2.48. The molecule has 0 saturated heterocycles. The van der Waals surface area contributed by atoms with Crippen molar-refractivity contribution in [1.29, 1.82) is 0 Å². The van der Waals surface area contributed by atoms with E-state index in [9.17, 15) is 4.79 Å². The summed E-state index contributed by atoms with van der Waals surface area (Å²) >= 11 is 8.10. The highest BCUT2D eigenvalue weighted by Crippen LogP contribution is 2.23. The van der Waals surface area contributed by atoms with Crippen molar-refractivity contribution in [3.05, 3.63) is 40.4 Å². The molecule has 0 bridgehead atoms. The Balaban J connectivity index is 2.67. The molecule has 0 spiro atoms. The Morgan fingerprint density at radius 1 is 1.40 bits per heavy atom. The van der Waals surface area contributed by atoms with Gasteiger partial charge in [-0.1, -0.05) is 26.0 Å². The van der Waals surface area contributed by atoms with E-state index < -0.39 is 0 Å². The number of nitrogens with zero attached hydrogens (tertiary/aromatic N) is 2. The number of halogens is 1. The maximum Gasteiger partial charge on any atom is 0.261 e. The lowest BCUT2D eigenvalue weighted by molar-refractivity contribution is 0.600. The zero-order chi connectivity index (χ0) is 14.7. The van der Waals surface area contributed by atoms with Gasteiger partial charge in [-0.2, -0.15) is 11.8 Å². The average molecular weight is 311 g/mol. The summed E-state index contributed by atoms with van der Waals surface area (Å²) in [4.78, 5) is 17.3. The normalized spacial score (nSPS) is 14.4. The monoisotopic (exact) mass is 310 g/mol. The van der Waals surface area contributed by atoms with Crippen LogP contribution in [0.4, 0.5) is 0 Å². The number of alkyl halides is 1. The van der Waals surface area contributed by atoms with E-state index in [-0.39, 0.29) is 10.9 Å². The van der Waals surface area contributed by atoms with Gasteiger partial charge in [-0.05, 0) is 24.8 Å². The molecule has 3 nitrogen and oxygen atoms in total. The van der Waals surface area contributed by atoms with Crippen molar-refractivity contribution in [3.8, 4) is 0 Å². The fraction of sp³-hybridized carbons (Fsp3) is 0.467. The number of thioether (sulfide) groups is 1. The molecular weight excluding hydrogens is 292 g/mol. The smallest absolute Gasteiger partial charge is 0.261 e.